The van der Waals surface area contributed by atoms with Crippen molar-refractivity contribution in [1.82, 2.24) is 9.80 Å². The van der Waals surface area contributed by atoms with Gasteiger partial charge in [-0.1, -0.05) is 13.8 Å². The molecule has 1 saturated heterocycles. The molecule has 1 aliphatic heterocycles. The van der Waals surface area contributed by atoms with Crippen LogP contribution < -0.4 is 0 Å². The van der Waals surface area contributed by atoms with Gasteiger partial charge in [0.2, 0.25) is 0 Å². The number of rotatable bonds is 5. The Hall–Kier alpha value is -0.450. The summed E-state index contributed by atoms with van der Waals surface area (Å²) in [6, 6.07) is 0.360. The molecule has 0 spiro atoms. The van der Waals surface area contributed by atoms with Gasteiger partial charge in [-0.25, -0.2) is 0 Å². The Morgan fingerprint density at radius 2 is 2.06 bits per heavy atom. The molecule has 0 bridgehead atoms. The van der Waals surface area contributed by atoms with Gasteiger partial charge in [-0.05, 0) is 27.4 Å². The molecule has 2 unspecified atom stereocenters. The highest BCUT2D eigenvalue weighted by Crippen LogP contribution is 2.25. The predicted octanol–water partition coefficient (Wildman–Crippen LogP) is 0.598. The van der Waals surface area contributed by atoms with Gasteiger partial charge in [0.05, 0.1) is 6.10 Å². The van der Waals surface area contributed by atoms with Crippen LogP contribution in [0.15, 0.2) is 0 Å². The maximum atomic E-state index is 11.6. The minimum atomic E-state index is -0.325. The van der Waals surface area contributed by atoms with E-state index < -0.39 is 0 Å². The Morgan fingerprint density at radius 3 is 2.53 bits per heavy atom. The van der Waals surface area contributed by atoms with Crippen LogP contribution >= 0.6 is 0 Å². The van der Waals surface area contributed by atoms with Crippen LogP contribution in [0.1, 0.15) is 27.2 Å². The summed E-state index contributed by atoms with van der Waals surface area (Å²) in [7, 11) is 4.08. The average Bonchev–Trinajstić information content (AvgIpc) is 2.44. The second-order valence-corrected chi connectivity index (χ2v) is 6.18. The van der Waals surface area contributed by atoms with Crippen molar-refractivity contribution in [3.8, 4) is 0 Å². The van der Waals surface area contributed by atoms with Crippen molar-refractivity contribution in [2.24, 2.45) is 5.41 Å². The van der Waals surface area contributed by atoms with E-state index in [2.05, 4.69) is 9.80 Å². The normalized spacial score (nSPS) is 26.8. The van der Waals surface area contributed by atoms with Crippen molar-refractivity contribution in [2.75, 3.05) is 33.7 Å². The Bertz CT molecular complexity index is 277. The molecule has 4 nitrogen and oxygen atoms in total. The molecule has 17 heavy (non-hydrogen) atoms. The third kappa shape index (κ3) is 4.05. The van der Waals surface area contributed by atoms with Gasteiger partial charge in [0.1, 0.15) is 5.78 Å². The SMILES string of the molecule is CC(=O)C(C)(C)CN1CC(O)CC1CN(C)C. The molecular weight excluding hydrogens is 216 g/mol. The van der Waals surface area contributed by atoms with Crippen LogP contribution in [-0.4, -0.2) is 66.6 Å². The quantitative estimate of drug-likeness (QED) is 0.767. The van der Waals surface area contributed by atoms with Gasteiger partial charge in [0.15, 0.2) is 0 Å². The fraction of sp³-hybridized carbons (Fsp3) is 0.923. The van der Waals surface area contributed by atoms with Crippen LogP contribution in [0.5, 0.6) is 0 Å². The fourth-order valence-electron chi connectivity index (χ4n) is 2.38. The Morgan fingerprint density at radius 1 is 1.47 bits per heavy atom. The summed E-state index contributed by atoms with van der Waals surface area (Å²) in [5, 5.41) is 9.77. The summed E-state index contributed by atoms with van der Waals surface area (Å²) in [5.74, 6) is 0.211. The van der Waals surface area contributed by atoms with Gasteiger partial charge in [-0.3, -0.25) is 9.69 Å². The topological polar surface area (TPSA) is 43.8 Å². The molecule has 0 radical (unpaired) electrons. The first kappa shape index (κ1) is 14.6. The summed E-state index contributed by atoms with van der Waals surface area (Å²) in [6.07, 6.45) is 0.564. The molecule has 0 saturated carbocycles. The second-order valence-electron chi connectivity index (χ2n) is 6.18. The number of likely N-dealkylation sites (tertiary alicyclic amines) is 1. The average molecular weight is 242 g/mol. The third-order valence-corrected chi connectivity index (χ3v) is 3.63. The molecule has 1 fully saturated rings. The Labute approximate surface area is 105 Å². The van der Waals surface area contributed by atoms with E-state index in [-0.39, 0.29) is 17.3 Å². The molecule has 0 aromatic rings. The Balaban J connectivity index is 2.64. The van der Waals surface area contributed by atoms with E-state index in [1.165, 1.54) is 0 Å². The number of β-amino-alcohol motifs (C(OH)–C–C–N with tert-alkyl or cyclic N) is 1. The monoisotopic (exact) mass is 242 g/mol. The van der Waals surface area contributed by atoms with Gasteiger partial charge in [-0.15, -0.1) is 0 Å². The number of nitrogens with zero attached hydrogens (tertiary/aromatic N) is 2. The molecule has 1 rings (SSSR count). The molecular formula is C13H26N2O2. The van der Waals surface area contributed by atoms with E-state index >= 15 is 0 Å². The molecule has 1 heterocycles. The number of carbonyl (C=O) groups is 1. The number of Topliss-reactive ketones (excluding diaryl/α,β-unsaturated/α-hetero) is 1. The van der Waals surface area contributed by atoms with Crippen LogP contribution in [0, 0.1) is 5.41 Å². The van der Waals surface area contributed by atoms with Crippen LogP contribution in [0.4, 0.5) is 0 Å². The van der Waals surface area contributed by atoms with Crippen LogP contribution in [0.3, 0.4) is 0 Å². The third-order valence-electron chi connectivity index (χ3n) is 3.63. The van der Waals surface area contributed by atoms with Crippen molar-refractivity contribution in [3.05, 3.63) is 0 Å². The van der Waals surface area contributed by atoms with E-state index in [0.29, 0.717) is 12.6 Å². The maximum Gasteiger partial charge on any atom is 0.136 e. The van der Waals surface area contributed by atoms with Gasteiger partial charge >= 0.3 is 0 Å². The zero-order valence-electron chi connectivity index (χ0n) is 11.7. The van der Waals surface area contributed by atoms with Crippen molar-refractivity contribution in [1.29, 1.82) is 0 Å². The largest absolute Gasteiger partial charge is 0.392 e. The lowest BCUT2D eigenvalue weighted by molar-refractivity contribution is -0.126. The van der Waals surface area contributed by atoms with Gasteiger partial charge < -0.3 is 10.0 Å². The number of likely N-dealkylation sites (N-methyl/N-ethyl adjacent to an activating group) is 1. The summed E-state index contributed by atoms with van der Waals surface area (Å²) in [4.78, 5) is 16.0. The smallest absolute Gasteiger partial charge is 0.136 e. The first-order chi connectivity index (χ1) is 7.72. The molecule has 4 heteroatoms. The first-order valence-corrected chi connectivity index (χ1v) is 6.30. The van der Waals surface area contributed by atoms with Crippen molar-refractivity contribution >= 4 is 5.78 Å². The maximum absolute atomic E-state index is 11.6. The van der Waals surface area contributed by atoms with Crippen molar-refractivity contribution in [2.45, 2.75) is 39.3 Å². The zero-order valence-corrected chi connectivity index (χ0v) is 11.7. The highest BCUT2D eigenvalue weighted by atomic mass is 16.3. The molecule has 100 valence electrons. The zero-order chi connectivity index (χ0) is 13.2. The van der Waals surface area contributed by atoms with Gasteiger partial charge in [-0.2, -0.15) is 0 Å². The minimum Gasteiger partial charge on any atom is -0.392 e. The molecule has 0 amide bonds. The Kier molecular flexibility index (Phi) is 4.69. The lowest BCUT2D eigenvalue weighted by Crippen LogP contribution is -2.44. The second kappa shape index (κ2) is 5.46. The van der Waals surface area contributed by atoms with Crippen molar-refractivity contribution in [3.63, 3.8) is 0 Å². The van der Waals surface area contributed by atoms with E-state index in [0.717, 1.165) is 19.5 Å². The van der Waals surface area contributed by atoms with Gasteiger partial charge in [0, 0.05) is 31.1 Å². The molecule has 0 aromatic carbocycles. The highest BCUT2D eigenvalue weighted by Gasteiger charge is 2.36. The molecule has 1 N–H and O–H groups in total. The number of hydrogen-bond acceptors (Lipinski definition) is 4. The molecule has 0 aliphatic carbocycles. The van der Waals surface area contributed by atoms with Crippen LogP contribution in [0.2, 0.25) is 0 Å². The number of carbonyl (C=O) groups excluding carboxylic acids is 1. The summed E-state index contributed by atoms with van der Waals surface area (Å²) >= 11 is 0. The summed E-state index contributed by atoms with van der Waals surface area (Å²) in [5.41, 5.74) is -0.325. The molecule has 0 aromatic heterocycles. The fourth-order valence-corrected chi connectivity index (χ4v) is 2.38. The van der Waals surface area contributed by atoms with Crippen LogP contribution in [0.25, 0.3) is 0 Å². The minimum absolute atomic E-state index is 0.211. The number of ketones is 1. The number of aliphatic hydroxyl groups excluding tert-OH is 1. The lowest BCUT2D eigenvalue weighted by atomic mass is 9.88. The van der Waals surface area contributed by atoms with E-state index in [4.69, 9.17) is 0 Å². The lowest BCUT2D eigenvalue weighted by Gasteiger charge is -2.33. The van der Waals surface area contributed by atoms with Gasteiger partial charge in [0.25, 0.3) is 0 Å². The van der Waals surface area contributed by atoms with E-state index in [1.807, 2.05) is 27.9 Å². The van der Waals surface area contributed by atoms with Crippen LogP contribution in [-0.2, 0) is 4.79 Å². The highest BCUT2D eigenvalue weighted by molar-refractivity contribution is 5.81. The van der Waals surface area contributed by atoms with E-state index in [1.54, 1.807) is 6.92 Å². The number of hydrogen-bond donors (Lipinski definition) is 1. The standard InChI is InChI=1S/C13H26N2O2/c1-10(16)13(2,3)9-15-8-12(17)6-11(15)7-14(4)5/h11-12,17H,6-9H2,1-5H3. The van der Waals surface area contributed by atoms with Crippen molar-refractivity contribution < 1.29 is 9.90 Å². The number of aliphatic hydroxyl groups is 1. The van der Waals surface area contributed by atoms with E-state index in [9.17, 15) is 9.90 Å². The molecule has 1 aliphatic rings. The molecule has 2 atom stereocenters. The summed E-state index contributed by atoms with van der Waals surface area (Å²) in [6.45, 7) is 7.96. The summed E-state index contributed by atoms with van der Waals surface area (Å²) < 4.78 is 0. The first-order valence-electron chi connectivity index (χ1n) is 6.30. The predicted molar refractivity (Wildman–Crippen MR) is 69.0 cm³/mol.